The number of anilines is 1. The molecule has 1 aromatic rings. The van der Waals surface area contributed by atoms with E-state index < -0.39 is 0 Å². The van der Waals surface area contributed by atoms with Gasteiger partial charge in [-0.05, 0) is 37.2 Å². The van der Waals surface area contributed by atoms with E-state index in [1.807, 2.05) is 4.90 Å². The third-order valence-electron chi connectivity index (χ3n) is 3.53. The molecule has 20 heavy (non-hydrogen) atoms. The molecule has 1 saturated heterocycles. The predicted molar refractivity (Wildman–Crippen MR) is 78.4 cm³/mol. The lowest BCUT2D eigenvalue weighted by Crippen LogP contribution is -2.50. The van der Waals surface area contributed by atoms with Crippen molar-refractivity contribution in [1.82, 2.24) is 10.2 Å². The van der Waals surface area contributed by atoms with Gasteiger partial charge in [-0.25, -0.2) is 4.39 Å². The Balaban J connectivity index is 1.80. The van der Waals surface area contributed by atoms with E-state index in [2.05, 4.69) is 17.1 Å². The molecule has 1 aliphatic rings. The molecule has 0 spiro atoms. The second-order valence-electron chi connectivity index (χ2n) is 5.02. The van der Waals surface area contributed by atoms with Crippen molar-refractivity contribution in [1.29, 1.82) is 0 Å². The van der Waals surface area contributed by atoms with Gasteiger partial charge in [0.05, 0.1) is 6.54 Å². The van der Waals surface area contributed by atoms with E-state index in [0.717, 1.165) is 44.8 Å². The third-order valence-corrected chi connectivity index (χ3v) is 3.53. The average molecular weight is 279 g/mol. The van der Waals surface area contributed by atoms with Crippen LogP contribution in [-0.2, 0) is 4.79 Å². The lowest BCUT2D eigenvalue weighted by molar-refractivity contribution is -0.130. The van der Waals surface area contributed by atoms with Gasteiger partial charge in [0, 0.05) is 31.9 Å². The molecule has 4 nitrogen and oxygen atoms in total. The number of halogens is 1. The Morgan fingerprint density at radius 1 is 1.20 bits per heavy atom. The van der Waals surface area contributed by atoms with Crippen LogP contribution >= 0.6 is 0 Å². The van der Waals surface area contributed by atoms with Crippen LogP contribution in [-0.4, -0.2) is 50.1 Å². The summed E-state index contributed by atoms with van der Waals surface area (Å²) in [5.41, 5.74) is 1.02. The lowest BCUT2D eigenvalue weighted by Gasteiger charge is -2.36. The van der Waals surface area contributed by atoms with E-state index in [0.29, 0.717) is 6.54 Å². The Morgan fingerprint density at radius 2 is 1.85 bits per heavy atom. The minimum absolute atomic E-state index is 0.164. The van der Waals surface area contributed by atoms with Gasteiger partial charge in [0.1, 0.15) is 5.82 Å². The molecule has 1 heterocycles. The minimum Gasteiger partial charge on any atom is -0.368 e. The number of piperazine rings is 1. The van der Waals surface area contributed by atoms with Crippen LogP contribution in [0.25, 0.3) is 0 Å². The van der Waals surface area contributed by atoms with Gasteiger partial charge in [-0.1, -0.05) is 6.92 Å². The van der Waals surface area contributed by atoms with E-state index in [1.54, 1.807) is 12.1 Å². The van der Waals surface area contributed by atoms with Gasteiger partial charge < -0.3 is 15.1 Å². The molecule has 0 radical (unpaired) electrons. The highest BCUT2D eigenvalue weighted by Gasteiger charge is 2.20. The largest absolute Gasteiger partial charge is 0.368 e. The molecule has 0 saturated carbocycles. The second-order valence-corrected chi connectivity index (χ2v) is 5.02. The molecule has 1 aromatic carbocycles. The molecule has 1 N–H and O–H groups in total. The first-order valence-corrected chi connectivity index (χ1v) is 7.19. The maximum Gasteiger partial charge on any atom is 0.236 e. The van der Waals surface area contributed by atoms with Gasteiger partial charge in [-0.3, -0.25) is 4.79 Å². The van der Waals surface area contributed by atoms with Crippen molar-refractivity contribution in [3.63, 3.8) is 0 Å². The molecule has 1 aliphatic heterocycles. The van der Waals surface area contributed by atoms with Crippen molar-refractivity contribution in [3.8, 4) is 0 Å². The Bertz CT molecular complexity index is 427. The zero-order chi connectivity index (χ0) is 14.4. The number of hydrogen-bond acceptors (Lipinski definition) is 3. The van der Waals surface area contributed by atoms with Gasteiger partial charge in [-0.15, -0.1) is 0 Å². The van der Waals surface area contributed by atoms with E-state index in [9.17, 15) is 9.18 Å². The number of amides is 1. The van der Waals surface area contributed by atoms with E-state index in [-0.39, 0.29) is 11.7 Å². The quantitative estimate of drug-likeness (QED) is 0.829. The standard InChI is InChI=1S/C15H22FN3O/c1-2-7-17-12-15(20)19-10-8-18(9-11-19)14-5-3-13(16)4-6-14/h3-6,17H,2,7-12H2,1H3. The zero-order valence-electron chi connectivity index (χ0n) is 11.9. The van der Waals surface area contributed by atoms with Crippen LogP contribution in [0.1, 0.15) is 13.3 Å². The molecule has 0 bridgehead atoms. The maximum absolute atomic E-state index is 12.9. The summed E-state index contributed by atoms with van der Waals surface area (Å²) < 4.78 is 12.9. The third kappa shape index (κ3) is 3.93. The van der Waals surface area contributed by atoms with Gasteiger partial charge >= 0.3 is 0 Å². The highest BCUT2D eigenvalue weighted by atomic mass is 19.1. The molecule has 0 unspecified atom stereocenters. The van der Waals surface area contributed by atoms with Gasteiger partial charge in [0.25, 0.3) is 0 Å². The van der Waals surface area contributed by atoms with Crippen LogP contribution in [0.2, 0.25) is 0 Å². The van der Waals surface area contributed by atoms with Crippen molar-refractivity contribution >= 4 is 11.6 Å². The Kier molecular flexibility index (Phi) is 5.35. The van der Waals surface area contributed by atoms with E-state index >= 15 is 0 Å². The normalized spacial score (nSPS) is 15.5. The molecule has 5 heteroatoms. The maximum atomic E-state index is 12.9. The van der Waals surface area contributed by atoms with Crippen molar-refractivity contribution < 1.29 is 9.18 Å². The summed E-state index contributed by atoms with van der Waals surface area (Å²) in [7, 11) is 0. The number of carbonyl (C=O) groups is 1. The lowest BCUT2D eigenvalue weighted by atomic mass is 10.2. The van der Waals surface area contributed by atoms with Crippen LogP contribution in [0.15, 0.2) is 24.3 Å². The SMILES string of the molecule is CCCNCC(=O)N1CCN(c2ccc(F)cc2)CC1. The number of nitrogens with one attached hydrogen (secondary N) is 1. The van der Waals surface area contributed by atoms with Crippen LogP contribution in [0, 0.1) is 5.82 Å². The molecule has 0 aromatic heterocycles. The van der Waals surface area contributed by atoms with Gasteiger partial charge in [0.15, 0.2) is 0 Å². The number of rotatable bonds is 5. The summed E-state index contributed by atoms with van der Waals surface area (Å²) in [6.07, 6.45) is 1.03. The number of nitrogens with zero attached hydrogens (tertiary/aromatic N) is 2. The van der Waals surface area contributed by atoms with E-state index in [1.165, 1.54) is 12.1 Å². The summed E-state index contributed by atoms with van der Waals surface area (Å²) in [6.45, 7) is 6.43. The predicted octanol–water partition coefficient (Wildman–Crippen LogP) is 1.47. The summed E-state index contributed by atoms with van der Waals surface area (Å²) >= 11 is 0. The minimum atomic E-state index is -0.218. The molecule has 1 fully saturated rings. The Labute approximate surface area is 119 Å². The van der Waals surface area contributed by atoms with Gasteiger partial charge in [0.2, 0.25) is 5.91 Å². The summed E-state index contributed by atoms with van der Waals surface area (Å²) in [5.74, 6) is -0.0539. The van der Waals surface area contributed by atoms with Crippen LogP contribution < -0.4 is 10.2 Å². The fourth-order valence-corrected chi connectivity index (χ4v) is 2.35. The first-order chi connectivity index (χ1) is 9.70. The highest BCUT2D eigenvalue weighted by Crippen LogP contribution is 2.16. The molecule has 1 amide bonds. The van der Waals surface area contributed by atoms with Crippen LogP contribution in [0.5, 0.6) is 0 Å². The van der Waals surface area contributed by atoms with Crippen molar-refractivity contribution in [2.45, 2.75) is 13.3 Å². The summed E-state index contributed by atoms with van der Waals surface area (Å²) in [6, 6.07) is 6.52. The average Bonchev–Trinajstić information content (AvgIpc) is 2.48. The molecule has 110 valence electrons. The fraction of sp³-hybridized carbons (Fsp3) is 0.533. The molecular formula is C15H22FN3O. The number of carbonyl (C=O) groups excluding carboxylic acids is 1. The van der Waals surface area contributed by atoms with Crippen molar-refractivity contribution in [2.75, 3.05) is 44.2 Å². The van der Waals surface area contributed by atoms with Crippen molar-refractivity contribution in [2.24, 2.45) is 0 Å². The van der Waals surface area contributed by atoms with Crippen LogP contribution in [0.4, 0.5) is 10.1 Å². The number of benzene rings is 1. The van der Waals surface area contributed by atoms with Gasteiger partial charge in [-0.2, -0.15) is 0 Å². The Hall–Kier alpha value is -1.62. The first kappa shape index (κ1) is 14.8. The monoisotopic (exact) mass is 279 g/mol. The fourth-order valence-electron chi connectivity index (χ4n) is 2.35. The highest BCUT2D eigenvalue weighted by molar-refractivity contribution is 5.78. The van der Waals surface area contributed by atoms with Crippen molar-refractivity contribution in [3.05, 3.63) is 30.1 Å². The Morgan fingerprint density at radius 3 is 2.45 bits per heavy atom. The topological polar surface area (TPSA) is 35.6 Å². The smallest absolute Gasteiger partial charge is 0.236 e. The molecule has 2 rings (SSSR count). The van der Waals surface area contributed by atoms with Crippen LogP contribution in [0.3, 0.4) is 0 Å². The summed E-state index contributed by atoms with van der Waals surface area (Å²) in [5, 5.41) is 3.13. The molecular weight excluding hydrogens is 257 g/mol. The second kappa shape index (κ2) is 7.24. The first-order valence-electron chi connectivity index (χ1n) is 7.19. The zero-order valence-corrected chi connectivity index (χ0v) is 11.9. The summed E-state index contributed by atoms with van der Waals surface area (Å²) in [4.78, 5) is 16.0. The number of hydrogen-bond donors (Lipinski definition) is 1. The van der Waals surface area contributed by atoms with E-state index in [4.69, 9.17) is 0 Å². The molecule has 0 aliphatic carbocycles. The molecule has 0 atom stereocenters.